The molecule has 8 heteroatoms. The number of ether oxygens (including phenoxy) is 1. The van der Waals surface area contributed by atoms with Crippen molar-refractivity contribution in [2.24, 2.45) is 0 Å². The third kappa shape index (κ3) is 2.99. The number of phenolic OH excluding ortho intramolecular Hbond substituents is 1. The molecule has 2 fully saturated rings. The highest BCUT2D eigenvalue weighted by molar-refractivity contribution is 5.95. The van der Waals surface area contributed by atoms with Crippen molar-refractivity contribution in [3.63, 3.8) is 0 Å². The van der Waals surface area contributed by atoms with Crippen molar-refractivity contribution in [2.75, 3.05) is 33.3 Å². The van der Waals surface area contributed by atoms with Crippen LogP contribution in [-0.2, 0) is 4.74 Å². The number of morpholine rings is 1. The van der Waals surface area contributed by atoms with Gasteiger partial charge in [0.1, 0.15) is 0 Å². The van der Waals surface area contributed by atoms with Crippen molar-refractivity contribution in [3.05, 3.63) is 33.9 Å². The minimum absolute atomic E-state index is 0.142. The van der Waals surface area contributed by atoms with Gasteiger partial charge in [0.25, 0.3) is 5.91 Å². The second-order valence-corrected chi connectivity index (χ2v) is 5.96. The van der Waals surface area contributed by atoms with E-state index in [0.717, 1.165) is 25.1 Å². The van der Waals surface area contributed by atoms with Crippen molar-refractivity contribution >= 4 is 11.6 Å². The third-order valence-corrected chi connectivity index (χ3v) is 4.57. The van der Waals surface area contributed by atoms with Crippen LogP contribution in [0.2, 0.25) is 0 Å². The maximum Gasteiger partial charge on any atom is 0.310 e. The molecule has 0 bridgehead atoms. The van der Waals surface area contributed by atoms with Gasteiger partial charge in [0, 0.05) is 31.3 Å². The molecule has 0 aliphatic carbocycles. The van der Waals surface area contributed by atoms with Gasteiger partial charge in [-0.1, -0.05) is 0 Å². The van der Waals surface area contributed by atoms with Gasteiger partial charge in [-0.3, -0.25) is 19.8 Å². The molecule has 0 radical (unpaired) electrons. The highest BCUT2D eigenvalue weighted by atomic mass is 16.6. The molecule has 1 N–H and O–H groups in total. The Balaban J connectivity index is 1.75. The van der Waals surface area contributed by atoms with Crippen LogP contribution in [0.25, 0.3) is 0 Å². The molecule has 0 spiro atoms. The van der Waals surface area contributed by atoms with Crippen molar-refractivity contribution in [2.45, 2.75) is 18.6 Å². The number of hydrogen-bond donors (Lipinski definition) is 1. The van der Waals surface area contributed by atoms with E-state index >= 15 is 0 Å². The molecule has 1 aromatic carbocycles. The molecular formula is C15H19N3O5. The predicted molar refractivity (Wildman–Crippen MR) is 81.4 cm³/mol. The van der Waals surface area contributed by atoms with Crippen LogP contribution in [0.3, 0.4) is 0 Å². The number of amides is 1. The summed E-state index contributed by atoms with van der Waals surface area (Å²) < 4.78 is 5.75. The predicted octanol–water partition coefficient (Wildman–Crippen LogP) is 0.845. The fourth-order valence-electron chi connectivity index (χ4n) is 3.22. The Hall–Kier alpha value is -2.19. The van der Waals surface area contributed by atoms with E-state index < -0.39 is 16.4 Å². The Morgan fingerprint density at radius 3 is 2.91 bits per heavy atom. The summed E-state index contributed by atoms with van der Waals surface area (Å²) in [6, 6.07) is 3.86. The number of likely N-dealkylation sites (N-methyl/N-ethyl adjacent to an activating group) is 1. The summed E-state index contributed by atoms with van der Waals surface area (Å²) in [6.07, 6.45) is 0.905. The Morgan fingerprint density at radius 1 is 1.43 bits per heavy atom. The van der Waals surface area contributed by atoms with Crippen LogP contribution in [0, 0.1) is 10.1 Å². The first kappa shape index (κ1) is 15.7. The molecule has 2 heterocycles. The normalized spacial score (nSPS) is 25.0. The monoisotopic (exact) mass is 321 g/mol. The fraction of sp³-hybridized carbons (Fsp3) is 0.533. The van der Waals surface area contributed by atoms with Gasteiger partial charge in [0.2, 0.25) is 0 Å². The van der Waals surface area contributed by atoms with E-state index in [9.17, 15) is 20.0 Å². The molecule has 124 valence electrons. The summed E-state index contributed by atoms with van der Waals surface area (Å²) in [5, 5.41) is 20.4. The number of phenols is 1. The number of carbonyl (C=O) groups is 1. The van der Waals surface area contributed by atoms with Crippen LogP contribution in [0.5, 0.6) is 5.75 Å². The number of likely N-dealkylation sites (tertiary alicyclic amines) is 1. The van der Waals surface area contributed by atoms with Gasteiger partial charge in [-0.15, -0.1) is 0 Å². The minimum Gasteiger partial charge on any atom is -0.502 e. The zero-order chi connectivity index (χ0) is 16.6. The second kappa shape index (κ2) is 6.13. The van der Waals surface area contributed by atoms with E-state index in [1.54, 1.807) is 4.90 Å². The number of piperidine rings is 1. The van der Waals surface area contributed by atoms with Crippen LogP contribution < -0.4 is 0 Å². The van der Waals surface area contributed by atoms with E-state index in [4.69, 9.17) is 4.74 Å². The molecule has 8 nitrogen and oxygen atoms in total. The molecule has 23 heavy (non-hydrogen) atoms. The molecule has 2 atom stereocenters. The number of benzene rings is 1. The number of rotatable bonds is 2. The van der Waals surface area contributed by atoms with Crippen LogP contribution in [0.15, 0.2) is 18.2 Å². The van der Waals surface area contributed by atoms with Gasteiger partial charge >= 0.3 is 5.69 Å². The maximum atomic E-state index is 12.6. The molecule has 0 aromatic heterocycles. The quantitative estimate of drug-likeness (QED) is 0.641. The van der Waals surface area contributed by atoms with E-state index in [1.807, 2.05) is 7.05 Å². The average molecular weight is 321 g/mol. The minimum atomic E-state index is -0.677. The Kier molecular flexibility index (Phi) is 4.18. The smallest absolute Gasteiger partial charge is 0.310 e. The lowest BCUT2D eigenvalue weighted by Gasteiger charge is -2.45. The van der Waals surface area contributed by atoms with Crippen LogP contribution >= 0.6 is 0 Å². The molecule has 2 aliphatic heterocycles. The number of nitro groups is 1. The van der Waals surface area contributed by atoms with Gasteiger partial charge in [-0.25, -0.2) is 0 Å². The molecule has 1 aromatic rings. The number of aromatic hydroxyl groups is 1. The SMILES string of the molecule is CN1CCO[C@H]2CCN(C(=O)c3ccc([N+](=O)[O-])c(O)c3)C[C@H]21. The number of fused-ring (bicyclic) bond motifs is 1. The molecule has 1 amide bonds. The summed E-state index contributed by atoms with van der Waals surface area (Å²) in [4.78, 5) is 26.6. The molecular weight excluding hydrogens is 302 g/mol. The van der Waals surface area contributed by atoms with Crippen LogP contribution in [-0.4, -0.2) is 71.2 Å². The van der Waals surface area contributed by atoms with Gasteiger partial charge in [0.15, 0.2) is 5.75 Å². The summed E-state index contributed by atoms with van der Waals surface area (Å²) in [7, 11) is 2.02. The van der Waals surface area contributed by atoms with Crippen LogP contribution in [0.1, 0.15) is 16.8 Å². The first-order valence-electron chi connectivity index (χ1n) is 7.56. The van der Waals surface area contributed by atoms with E-state index in [1.165, 1.54) is 6.07 Å². The highest BCUT2D eigenvalue weighted by Crippen LogP contribution is 2.28. The second-order valence-electron chi connectivity index (χ2n) is 5.96. The molecule has 0 saturated carbocycles. The maximum absolute atomic E-state index is 12.6. The third-order valence-electron chi connectivity index (χ3n) is 4.57. The first-order valence-corrected chi connectivity index (χ1v) is 7.56. The summed E-state index contributed by atoms with van der Waals surface area (Å²) >= 11 is 0. The summed E-state index contributed by atoms with van der Waals surface area (Å²) in [6.45, 7) is 2.67. The lowest BCUT2D eigenvalue weighted by Crippen LogP contribution is -2.59. The summed E-state index contributed by atoms with van der Waals surface area (Å²) in [5.41, 5.74) is -0.147. The van der Waals surface area contributed by atoms with Gasteiger partial charge in [-0.2, -0.15) is 0 Å². The lowest BCUT2D eigenvalue weighted by molar-refractivity contribution is -0.385. The van der Waals surface area contributed by atoms with E-state index in [0.29, 0.717) is 19.7 Å². The molecule has 2 aliphatic rings. The molecule has 2 saturated heterocycles. The van der Waals surface area contributed by atoms with Gasteiger partial charge in [0.05, 0.1) is 23.7 Å². The van der Waals surface area contributed by atoms with Crippen molar-refractivity contribution in [1.29, 1.82) is 0 Å². The largest absolute Gasteiger partial charge is 0.502 e. The zero-order valence-corrected chi connectivity index (χ0v) is 12.8. The van der Waals surface area contributed by atoms with Crippen molar-refractivity contribution in [3.8, 4) is 5.75 Å². The molecule has 0 unspecified atom stereocenters. The standard InChI is InChI=1S/C15H19N3O5/c1-16-6-7-23-14-4-5-17(9-12(14)16)15(20)10-2-3-11(18(21)22)13(19)8-10/h2-3,8,12,14,19H,4-7,9H2,1H3/t12-,14+/m1/s1. The molecule has 3 rings (SSSR count). The average Bonchev–Trinajstić information content (AvgIpc) is 2.54. The Morgan fingerprint density at radius 2 is 2.22 bits per heavy atom. The number of nitro benzene ring substituents is 1. The van der Waals surface area contributed by atoms with E-state index in [-0.39, 0.29) is 23.6 Å². The van der Waals surface area contributed by atoms with Crippen LogP contribution in [0.4, 0.5) is 5.69 Å². The Bertz CT molecular complexity index is 636. The zero-order valence-electron chi connectivity index (χ0n) is 12.8. The van der Waals surface area contributed by atoms with Gasteiger partial charge in [-0.05, 0) is 25.6 Å². The topological polar surface area (TPSA) is 96.2 Å². The van der Waals surface area contributed by atoms with Crippen molar-refractivity contribution in [1.82, 2.24) is 9.80 Å². The fourth-order valence-corrected chi connectivity index (χ4v) is 3.22. The van der Waals surface area contributed by atoms with Crippen molar-refractivity contribution < 1.29 is 19.6 Å². The number of hydrogen-bond acceptors (Lipinski definition) is 6. The van der Waals surface area contributed by atoms with Gasteiger partial charge < -0.3 is 14.7 Å². The number of nitrogens with zero attached hydrogens (tertiary/aromatic N) is 3. The first-order chi connectivity index (χ1) is 11.0. The number of carbonyl (C=O) groups excluding carboxylic acids is 1. The highest BCUT2D eigenvalue weighted by Gasteiger charge is 2.37. The Labute approximate surface area is 133 Å². The van der Waals surface area contributed by atoms with E-state index in [2.05, 4.69) is 4.90 Å². The lowest BCUT2D eigenvalue weighted by atomic mass is 9.98. The summed E-state index contributed by atoms with van der Waals surface area (Å²) in [5.74, 6) is -0.721.